The monoisotopic (exact) mass is 273 g/mol. The molecule has 0 fully saturated rings. The second-order valence-electron chi connectivity index (χ2n) is 4.73. The molecule has 0 unspecified atom stereocenters. The Morgan fingerprint density at radius 3 is 2.65 bits per heavy atom. The fraction of sp³-hybridized carbons (Fsp3) is 0.467. The lowest BCUT2D eigenvalue weighted by molar-refractivity contribution is 0.285. The van der Waals surface area contributed by atoms with Crippen LogP contribution >= 0.6 is 0 Å². The molecule has 0 radical (unpaired) electrons. The molecule has 2 rings (SSSR count). The molecule has 0 saturated carbocycles. The lowest BCUT2D eigenvalue weighted by Crippen LogP contribution is -2.27. The lowest BCUT2D eigenvalue weighted by Gasteiger charge is -2.17. The number of aromatic nitrogens is 3. The highest BCUT2D eigenvalue weighted by atomic mass is 15.3. The predicted octanol–water partition coefficient (Wildman–Crippen LogP) is 2.23. The van der Waals surface area contributed by atoms with Gasteiger partial charge in [0.25, 0.3) is 0 Å². The molecule has 0 aliphatic heterocycles. The highest BCUT2D eigenvalue weighted by molar-refractivity contribution is 5.38. The zero-order chi connectivity index (χ0) is 14.2. The second-order valence-corrected chi connectivity index (χ2v) is 4.73. The lowest BCUT2D eigenvalue weighted by atomic mass is 10.3. The molecule has 5 heteroatoms. The molecule has 5 nitrogen and oxygen atoms in total. The van der Waals surface area contributed by atoms with Gasteiger partial charge in [0.15, 0.2) is 0 Å². The summed E-state index contributed by atoms with van der Waals surface area (Å²) in [5.41, 5.74) is 2.28. The number of hydrogen-bond donors (Lipinski definition) is 1. The van der Waals surface area contributed by atoms with Gasteiger partial charge in [0.05, 0.1) is 18.4 Å². The molecule has 0 aromatic carbocycles. The van der Waals surface area contributed by atoms with E-state index < -0.39 is 0 Å². The van der Waals surface area contributed by atoms with Crippen molar-refractivity contribution in [3.63, 3.8) is 0 Å². The largest absolute Gasteiger partial charge is 0.378 e. The smallest absolute Gasteiger partial charge is 0.0729 e. The molecule has 2 aromatic rings. The minimum atomic E-state index is 0.796. The molecule has 0 aliphatic carbocycles. The first-order valence-electron chi connectivity index (χ1n) is 7.19. The van der Waals surface area contributed by atoms with Gasteiger partial charge in [-0.1, -0.05) is 13.8 Å². The number of likely N-dealkylation sites (N-methyl/N-ethyl adjacent to an activating group) is 1. The Morgan fingerprint density at radius 2 is 1.95 bits per heavy atom. The Hall–Kier alpha value is -1.88. The molecule has 20 heavy (non-hydrogen) atoms. The maximum atomic E-state index is 4.38. The Kier molecular flexibility index (Phi) is 5.55. The van der Waals surface area contributed by atoms with E-state index in [1.54, 1.807) is 0 Å². The van der Waals surface area contributed by atoms with Crippen LogP contribution in [0.25, 0.3) is 0 Å². The van der Waals surface area contributed by atoms with E-state index in [2.05, 4.69) is 40.3 Å². The van der Waals surface area contributed by atoms with Gasteiger partial charge in [-0.3, -0.25) is 9.67 Å². The summed E-state index contributed by atoms with van der Waals surface area (Å²) in [6.45, 7) is 9.32. The molecule has 0 bridgehead atoms. The topological polar surface area (TPSA) is 46.0 Å². The van der Waals surface area contributed by atoms with Crippen molar-refractivity contribution >= 4 is 5.69 Å². The molecular weight excluding hydrogens is 250 g/mol. The fourth-order valence-electron chi connectivity index (χ4n) is 2.07. The molecule has 0 spiro atoms. The van der Waals surface area contributed by atoms with Crippen LogP contribution in [-0.4, -0.2) is 39.3 Å². The van der Waals surface area contributed by atoms with Gasteiger partial charge in [-0.15, -0.1) is 0 Å². The van der Waals surface area contributed by atoms with Gasteiger partial charge in [-0.25, -0.2) is 0 Å². The number of rotatable bonds is 8. The summed E-state index contributed by atoms with van der Waals surface area (Å²) >= 11 is 0. The number of anilines is 1. The molecule has 0 amide bonds. The summed E-state index contributed by atoms with van der Waals surface area (Å²) in [4.78, 5) is 6.41. The number of nitrogens with one attached hydrogen (secondary N) is 1. The summed E-state index contributed by atoms with van der Waals surface area (Å²) < 4.78 is 1.99. The van der Waals surface area contributed by atoms with Crippen LogP contribution in [0.4, 0.5) is 5.69 Å². The SMILES string of the molecule is CCN(CC)CCn1cc(NCc2ccncc2)cn1. The second kappa shape index (κ2) is 7.65. The van der Waals surface area contributed by atoms with E-state index in [1.807, 2.05) is 35.4 Å². The number of hydrogen-bond acceptors (Lipinski definition) is 4. The quantitative estimate of drug-likeness (QED) is 0.801. The van der Waals surface area contributed by atoms with Gasteiger partial charge in [-0.05, 0) is 30.8 Å². The van der Waals surface area contributed by atoms with E-state index in [1.165, 1.54) is 5.56 Å². The summed E-state index contributed by atoms with van der Waals surface area (Å²) in [7, 11) is 0. The van der Waals surface area contributed by atoms with E-state index in [0.29, 0.717) is 0 Å². The highest BCUT2D eigenvalue weighted by Crippen LogP contribution is 2.07. The first-order valence-corrected chi connectivity index (χ1v) is 7.19. The van der Waals surface area contributed by atoms with E-state index in [-0.39, 0.29) is 0 Å². The van der Waals surface area contributed by atoms with Crippen molar-refractivity contribution < 1.29 is 0 Å². The Bertz CT molecular complexity index is 490. The summed E-state index contributed by atoms with van der Waals surface area (Å²) in [6, 6.07) is 4.02. The summed E-state index contributed by atoms with van der Waals surface area (Å²) in [6.07, 6.45) is 7.56. The van der Waals surface area contributed by atoms with Gasteiger partial charge in [0, 0.05) is 31.7 Å². The third-order valence-electron chi connectivity index (χ3n) is 3.42. The number of pyridine rings is 1. The number of nitrogens with zero attached hydrogens (tertiary/aromatic N) is 4. The molecular formula is C15H23N5. The normalized spacial score (nSPS) is 10.9. The van der Waals surface area contributed by atoms with Gasteiger partial charge in [0.2, 0.25) is 0 Å². The van der Waals surface area contributed by atoms with Gasteiger partial charge >= 0.3 is 0 Å². The van der Waals surface area contributed by atoms with Crippen LogP contribution < -0.4 is 5.32 Å². The Morgan fingerprint density at radius 1 is 1.20 bits per heavy atom. The third kappa shape index (κ3) is 4.35. The van der Waals surface area contributed by atoms with Crippen molar-refractivity contribution in [3.05, 3.63) is 42.5 Å². The summed E-state index contributed by atoms with van der Waals surface area (Å²) in [5, 5.41) is 7.76. The fourth-order valence-corrected chi connectivity index (χ4v) is 2.07. The van der Waals surface area contributed by atoms with Crippen LogP contribution in [0, 0.1) is 0 Å². The Balaban J connectivity index is 1.80. The van der Waals surface area contributed by atoms with E-state index >= 15 is 0 Å². The summed E-state index contributed by atoms with van der Waals surface area (Å²) in [5.74, 6) is 0. The van der Waals surface area contributed by atoms with Crippen LogP contribution in [0.5, 0.6) is 0 Å². The molecule has 1 N–H and O–H groups in total. The van der Waals surface area contributed by atoms with Gasteiger partial charge in [-0.2, -0.15) is 5.10 Å². The maximum Gasteiger partial charge on any atom is 0.0729 e. The van der Waals surface area contributed by atoms with E-state index in [9.17, 15) is 0 Å². The zero-order valence-corrected chi connectivity index (χ0v) is 12.3. The standard InChI is InChI=1S/C15H23N5/c1-3-19(4-2)9-10-20-13-15(12-18-20)17-11-14-5-7-16-8-6-14/h5-8,12-13,17H,3-4,9-11H2,1-2H3. The van der Waals surface area contributed by atoms with Crippen molar-refractivity contribution in [1.82, 2.24) is 19.7 Å². The van der Waals surface area contributed by atoms with E-state index in [0.717, 1.165) is 38.4 Å². The van der Waals surface area contributed by atoms with Crippen LogP contribution in [0.1, 0.15) is 19.4 Å². The predicted molar refractivity (Wildman–Crippen MR) is 81.6 cm³/mol. The van der Waals surface area contributed by atoms with Crippen LogP contribution in [0.3, 0.4) is 0 Å². The Labute approximate surface area is 120 Å². The minimum Gasteiger partial charge on any atom is -0.378 e. The average Bonchev–Trinajstić information content (AvgIpc) is 2.95. The van der Waals surface area contributed by atoms with Crippen LogP contribution in [-0.2, 0) is 13.1 Å². The molecule has 0 aliphatic rings. The molecule has 108 valence electrons. The minimum absolute atomic E-state index is 0.796. The first kappa shape index (κ1) is 14.5. The van der Waals surface area contributed by atoms with Crippen molar-refractivity contribution in [3.8, 4) is 0 Å². The van der Waals surface area contributed by atoms with Gasteiger partial charge < -0.3 is 10.2 Å². The van der Waals surface area contributed by atoms with Crippen LogP contribution in [0.2, 0.25) is 0 Å². The molecule has 0 atom stereocenters. The van der Waals surface area contributed by atoms with E-state index in [4.69, 9.17) is 0 Å². The van der Waals surface area contributed by atoms with Crippen molar-refractivity contribution in [2.24, 2.45) is 0 Å². The average molecular weight is 273 g/mol. The highest BCUT2D eigenvalue weighted by Gasteiger charge is 2.02. The first-order chi connectivity index (χ1) is 9.81. The van der Waals surface area contributed by atoms with Crippen LogP contribution in [0.15, 0.2) is 36.9 Å². The van der Waals surface area contributed by atoms with Crippen molar-refractivity contribution in [1.29, 1.82) is 0 Å². The van der Waals surface area contributed by atoms with Crippen molar-refractivity contribution in [2.45, 2.75) is 26.9 Å². The van der Waals surface area contributed by atoms with Gasteiger partial charge in [0.1, 0.15) is 0 Å². The molecule has 2 heterocycles. The molecule has 2 aromatic heterocycles. The maximum absolute atomic E-state index is 4.38. The third-order valence-corrected chi connectivity index (χ3v) is 3.42. The van der Waals surface area contributed by atoms with Crippen molar-refractivity contribution in [2.75, 3.05) is 25.0 Å². The molecule has 0 saturated heterocycles. The zero-order valence-electron chi connectivity index (χ0n) is 12.3.